The summed E-state index contributed by atoms with van der Waals surface area (Å²) in [5.74, 6) is -0.793. The summed E-state index contributed by atoms with van der Waals surface area (Å²) < 4.78 is 0. The molecule has 142 valence electrons. The molecule has 2 atom stereocenters. The van der Waals surface area contributed by atoms with Gasteiger partial charge in [-0.15, -0.1) is 0 Å². The minimum absolute atomic E-state index is 0.133. The van der Waals surface area contributed by atoms with Gasteiger partial charge in [0.2, 0.25) is 11.8 Å². The average Bonchev–Trinajstić information content (AvgIpc) is 3.43. The normalized spacial score (nSPS) is 27.8. The highest BCUT2D eigenvalue weighted by molar-refractivity contribution is 6.12. The van der Waals surface area contributed by atoms with Gasteiger partial charge in [-0.3, -0.25) is 19.3 Å². The number of hydrogen-bond donors (Lipinski definition) is 2. The van der Waals surface area contributed by atoms with Crippen molar-refractivity contribution in [2.45, 2.75) is 44.7 Å². The molecule has 2 fully saturated rings. The third-order valence-corrected chi connectivity index (χ3v) is 5.62. The summed E-state index contributed by atoms with van der Waals surface area (Å²) in [6.07, 6.45) is 1.93. The van der Waals surface area contributed by atoms with E-state index in [0.29, 0.717) is 11.4 Å². The molecule has 1 saturated carbocycles. The Kier molecular flexibility index (Phi) is 3.94. The topological polar surface area (TPSA) is 98.8 Å². The number of fused-ring (bicyclic) bond motifs is 1. The molecule has 4 rings (SSSR count). The van der Waals surface area contributed by atoms with Crippen LogP contribution in [0.4, 0.5) is 16.2 Å². The highest BCUT2D eigenvalue weighted by Gasteiger charge is 2.56. The fraction of sp³-hybridized carbons (Fsp3) is 0.474. The Morgan fingerprint density at radius 3 is 2.63 bits per heavy atom. The number of urea groups is 1. The number of hydrogen-bond acceptors (Lipinski definition) is 4. The SMILES string of the molecule is C[C@H]1CC(=O)Nc2ccccc2N1C(=O)CN1C(=O)N[C@](C)(C2CC2)C1=O. The summed E-state index contributed by atoms with van der Waals surface area (Å²) in [6.45, 7) is 3.15. The summed E-state index contributed by atoms with van der Waals surface area (Å²) in [4.78, 5) is 52.8. The van der Waals surface area contributed by atoms with Crippen LogP contribution in [0.5, 0.6) is 0 Å². The molecule has 1 aromatic rings. The third kappa shape index (κ3) is 2.85. The molecule has 2 aliphatic heterocycles. The van der Waals surface area contributed by atoms with Crippen LogP contribution in [0.15, 0.2) is 24.3 Å². The number of para-hydroxylation sites is 2. The predicted molar refractivity (Wildman–Crippen MR) is 98.0 cm³/mol. The van der Waals surface area contributed by atoms with E-state index in [4.69, 9.17) is 0 Å². The lowest BCUT2D eigenvalue weighted by atomic mass is 9.96. The third-order valence-electron chi connectivity index (χ3n) is 5.62. The van der Waals surface area contributed by atoms with Crippen LogP contribution >= 0.6 is 0 Å². The minimum atomic E-state index is -0.919. The maximum atomic E-state index is 13.1. The van der Waals surface area contributed by atoms with Gasteiger partial charge in [-0.05, 0) is 44.7 Å². The Balaban J connectivity index is 1.60. The molecule has 1 saturated heterocycles. The molecule has 0 spiro atoms. The molecule has 27 heavy (non-hydrogen) atoms. The van der Waals surface area contributed by atoms with Crippen molar-refractivity contribution in [1.82, 2.24) is 10.2 Å². The standard InChI is InChI=1S/C19H22N4O4/c1-11-9-15(24)20-13-5-3-4-6-14(13)23(11)16(25)10-22-17(26)19(2,12-7-8-12)21-18(22)27/h3-6,11-12H,7-10H2,1-2H3,(H,20,24)(H,21,27)/t11-,19+/m0/s1. The van der Waals surface area contributed by atoms with Gasteiger partial charge < -0.3 is 15.5 Å². The lowest BCUT2D eigenvalue weighted by Crippen LogP contribution is -2.48. The fourth-order valence-corrected chi connectivity index (χ4v) is 3.98. The molecule has 2 N–H and O–H groups in total. The lowest BCUT2D eigenvalue weighted by Gasteiger charge is -2.29. The van der Waals surface area contributed by atoms with Crippen LogP contribution < -0.4 is 15.5 Å². The zero-order valence-electron chi connectivity index (χ0n) is 15.3. The van der Waals surface area contributed by atoms with Crippen LogP contribution in [0.2, 0.25) is 0 Å². The second-order valence-corrected chi connectivity index (χ2v) is 7.68. The molecular formula is C19H22N4O4. The van der Waals surface area contributed by atoms with Crippen LogP contribution in [-0.2, 0) is 14.4 Å². The maximum absolute atomic E-state index is 13.1. The van der Waals surface area contributed by atoms with Gasteiger partial charge in [0.1, 0.15) is 12.1 Å². The quantitative estimate of drug-likeness (QED) is 0.787. The summed E-state index contributed by atoms with van der Waals surface area (Å²) in [5, 5.41) is 5.54. The maximum Gasteiger partial charge on any atom is 0.325 e. The van der Waals surface area contributed by atoms with Crippen LogP contribution in [-0.4, -0.2) is 46.8 Å². The van der Waals surface area contributed by atoms with Crippen LogP contribution in [0.1, 0.15) is 33.1 Å². The predicted octanol–water partition coefficient (Wildman–Crippen LogP) is 1.47. The molecule has 0 bridgehead atoms. The first-order chi connectivity index (χ1) is 12.8. The van der Waals surface area contributed by atoms with Crippen molar-refractivity contribution < 1.29 is 19.2 Å². The van der Waals surface area contributed by atoms with Crippen molar-refractivity contribution in [1.29, 1.82) is 0 Å². The van der Waals surface area contributed by atoms with Crippen LogP contribution in [0, 0.1) is 5.92 Å². The van der Waals surface area contributed by atoms with Gasteiger partial charge in [0.15, 0.2) is 0 Å². The van der Waals surface area contributed by atoms with Crippen molar-refractivity contribution in [3.63, 3.8) is 0 Å². The molecule has 0 aromatic heterocycles. The first-order valence-electron chi connectivity index (χ1n) is 9.16. The Morgan fingerprint density at radius 1 is 1.22 bits per heavy atom. The number of carbonyl (C=O) groups excluding carboxylic acids is 4. The van der Waals surface area contributed by atoms with E-state index in [1.807, 2.05) is 0 Å². The molecule has 1 aliphatic carbocycles. The first kappa shape index (κ1) is 17.5. The molecule has 5 amide bonds. The van der Waals surface area contributed by atoms with Gasteiger partial charge >= 0.3 is 6.03 Å². The molecule has 1 aromatic carbocycles. The number of rotatable bonds is 3. The van der Waals surface area contributed by atoms with Crippen LogP contribution in [0.3, 0.4) is 0 Å². The second kappa shape index (κ2) is 6.07. The number of benzene rings is 1. The Bertz CT molecular complexity index is 850. The van der Waals surface area contributed by atoms with Gasteiger partial charge in [0, 0.05) is 12.5 Å². The number of nitrogens with one attached hydrogen (secondary N) is 2. The first-order valence-corrected chi connectivity index (χ1v) is 9.16. The monoisotopic (exact) mass is 370 g/mol. The number of amides is 5. The van der Waals surface area contributed by atoms with Crippen LogP contribution in [0.25, 0.3) is 0 Å². The molecule has 0 radical (unpaired) electrons. The largest absolute Gasteiger partial charge is 0.325 e. The number of anilines is 2. The van der Waals surface area contributed by atoms with Gasteiger partial charge in [-0.2, -0.15) is 0 Å². The van der Waals surface area contributed by atoms with E-state index < -0.39 is 23.5 Å². The van der Waals surface area contributed by atoms with Gasteiger partial charge in [-0.1, -0.05) is 12.1 Å². The van der Waals surface area contributed by atoms with E-state index in [1.54, 1.807) is 38.1 Å². The summed E-state index contributed by atoms with van der Waals surface area (Å²) in [6, 6.07) is 6.10. The summed E-state index contributed by atoms with van der Waals surface area (Å²) in [5.41, 5.74) is 0.190. The molecule has 8 heteroatoms. The van der Waals surface area contributed by atoms with E-state index in [1.165, 1.54) is 4.90 Å². The smallest absolute Gasteiger partial charge is 0.324 e. The van der Waals surface area contributed by atoms with Crippen molar-refractivity contribution in [3.05, 3.63) is 24.3 Å². The summed E-state index contributed by atoms with van der Waals surface area (Å²) in [7, 11) is 0. The van der Waals surface area contributed by atoms with Crippen molar-refractivity contribution >= 4 is 35.1 Å². The van der Waals surface area contributed by atoms with E-state index in [0.717, 1.165) is 17.7 Å². The Labute approximate surface area is 156 Å². The fourth-order valence-electron chi connectivity index (χ4n) is 3.98. The van der Waals surface area contributed by atoms with Gasteiger partial charge in [-0.25, -0.2) is 4.79 Å². The van der Waals surface area contributed by atoms with Gasteiger partial charge in [0.05, 0.1) is 11.4 Å². The zero-order chi connectivity index (χ0) is 19.3. The van der Waals surface area contributed by atoms with Gasteiger partial charge in [0.25, 0.3) is 5.91 Å². The molecule has 3 aliphatic rings. The van der Waals surface area contributed by atoms with Crippen molar-refractivity contribution in [2.75, 3.05) is 16.8 Å². The lowest BCUT2D eigenvalue weighted by molar-refractivity contribution is -0.134. The zero-order valence-corrected chi connectivity index (χ0v) is 15.3. The number of carbonyl (C=O) groups is 4. The number of imide groups is 1. The van der Waals surface area contributed by atoms with Crippen molar-refractivity contribution in [2.24, 2.45) is 5.92 Å². The molecule has 0 unspecified atom stereocenters. The number of nitrogens with zero attached hydrogens (tertiary/aromatic N) is 2. The van der Waals surface area contributed by atoms with E-state index in [2.05, 4.69) is 10.6 Å². The van der Waals surface area contributed by atoms with E-state index in [9.17, 15) is 19.2 Å². The molecule has 2 heterocycles. The molecule has 8 nitrogen and oxygen atoms in total. The highest BCUT2D eigenvalue weighted by Crippen LogP contribution is 2.42. The molecular weight excluding hydrogens is 348 g/mol. The van der Waals surface area contributed by atoms with Crippen molar-refractivity contribution in [3.8, 4) is 0 Å². The average molecular weight is 370 g/mol. The highest BCUT2D eigenvalue weighted by atomic mass is 16.2. The second-order valence-electron chi connectivity index (χ2n) is 7.68. The summed E-state index contributed by atoms with van der Waals surface area (Å²) >= 11 is 0. The minimum Gasteiger partial charge on any atom is -0.324 e. The Morgan fingerprint density at radius 2 is 1.93 bits per heavy atom. The Hall–Kier alpha value is -2.90. The van der Waals surface area contributed by atoms with E-state index >= 15 is 0 Å². The van der Waals surface area contributed by atoms with E-state index in [-0.39, 0.29) is 30.7 Å².